The van der Waals surface area contributed by atoms with E-state index >= 15 is 0 Å². The van der Waals surface area contributed by atoms with E-state index in [-0.39, 0.29) is 0 Å². The van der Waals surface area contributed by atoms with Crippen LogP contribution in [-0.4, -0.2) is 15.4 Å². The molecule has 0 radical (unpaired) electrons. The number of aryl methyl sites for hydroxylation is 3. The van der Waals surface area contributed by atoms with Gasteiger partial charge in [0.25, 0.3) is 0 Å². The summed E-state index contributed by atoms with van der Waals surface area (Å²) < 4.78 is 3.35. The molecule has 0 bridgehead atoms. The van der Waals surface area contributed by atoms with Crippen LogP contribution in [0.15, 0.2) is 40.9 Å². The van der Waals surface area contributed by atoms with E-state index in [0.717, 1.165) is 27.8 Å². The fourth-order valence-electron chi connectivity index (χ4n) is 2.83. The van der Waals surface area contributed by atoms with Crippen molar-refractivity contribution in [1.29, 1.82) is 0 Å². The van der Waals surface area contributed by atoms with E-state index in [1.807, 2.05) is 12.1 Å². The predicted molar refractivity (Wildman–Crippen MR) is 92.7 cm³/mol. The Morgan fingerprint density at radius 1 is 1.14 bits per heavy atom. The molecule has 0 aliphatic heterocycles. The molecule has 0 saturated heterocycles. The van der Waals surface area contributed by atoms with E-state index in [1.54, 1.807) is 0 Å². The quantitative estimate of drug-likeness (QED) is 0.586. The minimum absolute atomic E-state index is 0.567. The minimum Gasteiger partial charge on any atom is -0.296 e. The molecule has 3 aromatic rings. The molecule has 1 aromatic heterocycles. The molecule has 0 amide bonds. The first-order valence-electron chi connectivity index (χ1n) is 6.91. The van der Waals surface area contributed by atoms with Gasteiger partial charge in [-0.3, -0.25) is 4.57 Å². The molecule has 21 heavy (non-hydrogen) atoms. The molecular weight excluding hydrogens is 348 g/mol. The monoisotopic (exact) mass is 362 g/mol. The second kappa shape index (κ2) is 5.82. The van der Waals surface area contributed by atoms with Gasteiger partial charge in [-0.25, -0.2) is 4.98 Å². The summed E-state index contributed by atoms with van der Waals surface area (Å²) >= 11 is 9.53. The van der Waals surface area contributed by atoms with Gasteiger partial charge in [-0.05, 0) is 49.2 Å². The molecule has 4 heteroatoms. The van der Waals surface area contributed by atoms with Crippen molar-refractivity contribution in [2.45, 2.75) is 20.3 Å². The molecule has 1 heterocycles. The van der Waals surface area contributed by atoms with Crippen LogP contribution in [0.5, 0.6) is 0 Å². The number of nitrogens with zero attached hydrogens (tertiary/aromatic N) is 2. The lowest BCUT2D eigenvalue weighted by atomic mass is 10.1. The molecule has 0 unspecified atom stereocenters. The summed E-state index contributed by atoms with van der Waals surface area (Å²) in [7, 11) is 0. The number of aromatic nitrogens is 2. The van der Waals surface area contributed by atoms with Crippen molar-refractivity contribution in [3.05, 3.63) is 57.8 Å². The Balaban J connectivity index is 2.36. The highest BCUT2D eigenvalue weighted by Gasteiger charge is 2.15. The van der Waals surface area contributed by atoms with E-state index in [2.05, 4.69) is 58.6 Å². The third-order valence-corrected chi connectivity index (χ3v) is 4.27. The normalized spacial score (nSPS) is 11.2. The van der Waals surface area contributed by atoms with E-state index in [4.69, 9.17) is 16.6 Å². The third kappa shape index (κ3) is 2.60. The summed E-state index contributed by atoms with van der Waals surface area (Å²) in [5, 5.41) is 0. The molecule has 108 valence electrons. The Morgan fingerprint density at radius 2 is 1.81 bits per heavy atom. The predicted octanol–water partition coefficient (Wildman–Crippen LogP) is 5.19. The number of fused-ring (bicyclic) bond motifs is 1. The molecule has 0 saturated carbocycles. The van der Waals surface area contributed by atoms with Gasteiger partial charge in [0.2, 0.25) is 0 Å². The van der Waals surface area contributed by atoms with E-state index in [9.17, 15) is 0 Å². The zero-order valence-corrected chi connectivity index (χ0v) is 14.4. The summed E-state index contributed by atoms with van der Waals surface area (Å²) in [6.45, 7) is 4.26. The van der Waals surface area contributed by atoms with Gasteiger partial charge in [0.1, 0.15) is 5.82 Å². The lowest BCUT2D eigenvalue weighted by Crippen LogP contribution is -2.06. The fraction of sp³-hybridized carbons (Fsp3) is 0.235. The van der Waals surface area contributed by atoms with Gasteiger partial charge < -0.3 is 0 Å². The van der Waals surface area contributed by atoms with Crippen LogP contribution >= 0.6 is 27.5 Å². The van der Waals surface area contributed by atoms with Gasteiger partial charge >= 0.3 is 0 Å². The molecule has 3 rings (SSSR count). The van der Waals surface area contributed by atoms with Gasteiger partial charge in [0.15, 0.2) is 0 Å². The summed E-state index contributed by atoms with van der Waals surface area (Å²) in [6.07, 6.45) is 0.755. The molecule has 0 aliphatic carbocycles. The zero-order valence-electron chi connectivity index (χ0n) is 12.0. The number of halogens is 2. The topological polar surface area (TPSA) is 17.8 Å². The molecule has 0 spiro atoms. The first-order chi connectivity index (χ1) is 10.1. The van der Waals surface area contributed by atoms with Crippen LogP contribution < -0.4 is 0 Å². The largest absolute Gasteiger partial charge is 0.296 e. The lowest BCUT2D eigenvalue weighted by Gasteiger charge is -2.15. The number of hydrogen-bond donors (Lipinski definition) is 0. The number of imidazole rings is 1. The summed E-state index contributed by atoms with van der Waals surface area (Å²) in [4.78, 5) is 4.75. The maximum absolute atomic E-state index is 5.97. The van der Waals surface area contributed by atoms with Crippen LogP contribution in [0.3, 0.4) is 0 Å². The number of rotatable bonds is 3. The van der Waals surface area contributed by atoms with Crippen LogP contribution in [0.1, 0.15) is 17.0 Å². The number of hydrogen-bond acceptors (Lipinski definition) is 1. The average Bonchev–Trinajstić information content (AvgIpc) is 2.77. The Morgan fingerprint density at radius 3 is 2.48 bits per heavy atom. The van der Waals surface area contributed by atoms with Crippen LogP contribution in [-0.2, 0) is 6.42 Å². The highest BCUT2D eigenvalue weighted by atomic mass is 79.9. The van der Waals surface area contributed by atoms with Crippen molar-refractivity contribution in [3.8, 4) is 5.69 Å². The maximum atomic E-state index is 5.97. The van der Waals surface area contributed by atoms with Crippen molar-refractivity contribution in [2.75, 3.05) is 5.88 Å². The van der Waals surface area contributed by atoms with E-state index in [1.165, 1.54) is 16.8 Å². The minimum atomic E-state index is 0.567. The Kier molecular flexibility index (Phi) is 4.05. The molecule has 0 atom stereocenters. The zero-order chi connectivity index (χ0) is 15.0. The van der Waals surface area contributed by atoms with E-state index in [0.29, 0.717) is 5.88 Å². The maximum Gasteiger partial charge on any atom is 0.115 e. The van der Waals surface area contributed by atoms with Crippen LogP contribution in [0.2, 0.25) is 0 Å². The second-order valence-electron chi connectivity index (χ2n) is 5.18. The Bertz CT molecular complexity index is 785. The summed E-state index contributed by atoms with van der Waals surface area (Å²) in [5.41, 5.74) is 5.79. The van der Waals surface area contributed by atoms with Crippen LogP contribution in [0, 0.1) is 13.8 Å². The summed E-state index contributed by atoms with van der Waals surface area (Å²) in [6, 6.07) is 12.5. The molecule has 0 N–H and O–H groups in total. The van der Waals surface area contributed by atoms with Gasteiger partial charge in [0.05, 0.1) is 16.7 Å². The second-order valence-corrected chi connectivity index (χ2v) is 6.47. The first kappa shape index (κ1) is 14.6. The number of alkyl halides is 1. The fourth-order valence-corrected chi connectivity index (χ4v) is 3.69. The molecule has 0 fully saturated rings. The molecule has 0 aliphatic rings. The highest BCUT2D eigenvalue weighted by Crippen LogP contribution is 2.29. The van der Waals surface area contributed by atoms with Crippen LogP contribution in [0.25, 0.3) is 16.7 Å². The van der Waals surface area contributed by atoms with Gasteiger partial charge in [-0.15, -0.1) is 11.6 Å². The average molecular weight is 364 g/mol. The smallest absolute Gasteiger partial charge is 0.115 e. The van der Waals surface area contributed by atoms with Crippen molar-refractivity contribution in [3.63, 3.8) is 0 Å². The van der Waals surface area contributed by atoms with Crippen LogP contribution in [0.4, 0.5) is 0 Å². The van der Waals surface area contributed by atoms with Crippen molar-refractivity contribution < 1.29 is 0 Å². The Hall–Kier alpha value is -1.32. The SMILES string of the molecule is Cc1cc(Br)cc(C)c1-n1c(CCCl)nc2ccccc21. The first-order valence-corrected chi connectivity index (χ1v) is 8.24. The third-order valence-electron chi connectivity index (χ3n) is 3.63. The molecular formula is C17H16BrClN2. The lowest BCUT2D eigenvalue weighted by molar-refractivity contribution is 0.900. The van der Waals surface area contributed by atoms with Crippen molar-refractivity contribution in [2.24, 2.45) is 0 Å². The highest BCUT2D eigenvalue weighted by molar-refractivity contribution is 9.10. The van der Waals surface area contributed by atoms with E-state index < -0.39 is 0 Å². The summed E-state index contributed by atoms with van der Waals surface area (Å²) in [5.74, 6) is 1.58. The number of para-hydroxylation sites is 2. The molecule has 2 nitrogen and oxygen atoms in total. The Labute approximate surface area is 137 Å². The van der Waals surface area contributed by atoms with Crippen molar-refractivity contribution in [1.82, 2.24) is 9.55 Å². The van der Waals surface area contributed by atoms with Gasteiger partial charge in [-0.2, -0.15) is 0 Å². The number of benzene rings is 2. The van der Waals surface area contributed by atoms with Crippen molar-refractivity contribution >= 4 is 38.6 Å². The molecule has 2 aromatic carbocycles. The van der Waals surface area contributed by atoms with Gasteiger partial charge in [-0.1, -0.05) is 28.1 Å². The van der Waals surface area contributed by atoms with Gasteiger partial charge in [0, 0.05) is 16.8 Å². The standard InChI is InChI=1S/C17H16BrClN2/c1-11-9-13(18)10-12(2)17(11)21-15-6-4-3-5-14(15)20-16(21)7-8-19/h3-6,9-10H,7-8H2,1-2H3.